The second-order valence-electron chi connectivity index (χ2n) is 8.22. The standard InChI is InChI=1S/C27H25F3O4/c1-32-26(27(28,29)30,21-10-6-3-7-11-21)25(31)34-24-17-16-23(18-24)33-22-14-12-20(13-15-22)19-8-4-2-5-9-19/h2-15,23-24H,16-18H2,1H3/t23-,24-,26-/m0/s1. The number of methoxy groups -OCH3 is 1. The maximum Gasteiger partial charge on any atom is 0.432 e. The van der Waals surface area contributed by atoms with Crippen LogP contribution in [0.25, 0.3) is 11.1 Å². The van der Waals surface area contributed by atoms with Crippen molar-refractivity contribution in [2.75, 3.05) is 7.11 Å². The van der Waals surface area contributed by atoms with Crippen LogP contribution < -0.4 is 4.74 Å². The van der Waals surface area contributed by atoms with Crippen LogP contribution in [-0.2, 0) is 19.9 Å². The average molecular weight is 470 g/mol. The molecule has 4 rings (SSSR count). The number of hydrogen-bond acceptors (Lipinski definition) is 4. The second-order valence-corrected chi connectivity index (χ2v) is 8.22. The summed E-state index contributed by atoms with van der Waals surface area (Å²) in [6, 6.07) is 24.4. The Labute approximate surface area is 196 Å². The van der Waals surface area contributed by atoms with E-state index in [0.29, 0.717) is 25.0 Å². The molecule has 7 heteroatoms. The van der Waals surface area contributed by atoms with Gasteiger partial charge in [-0.25, -0.2) is 4.79 Å². The van der Waals surface area contributed by atoms with Crippen molar-refractivity contribution in [1.82, 2.24) is 0 Å². The number of benzene rings is 3. The normalized spacial score (nSPS) is 19.9. The first kappa shape index (κ1) is 23.8. The Bertz CT molecular complexity index is 1080. The largest absolute Gasteiger partial charge is 0.490 e. The van der Waals surface area contributed by atoms with Gasteiger partial charge in [0.2, 0.25) is 0 Å². The molecule has 0 N–H and O–H groups in total. The van der Waals surface area contributed by atoms with Crippen molar-refractivity contribution in [3.05, 3.63) is 90.5 Å². The fourth-order valence-electron chi connectivity index (χ4n) is 4.29. The van der Waals surface area contributed by atoms with Gasteiger partial charge in [-0.2, -0.15) is 13.2 Å². The topological polar surface area (TPSA) is 44.8 Å². The number of halogens is 3. The molecule has 34 heavy (non-hydrogen) atoms. The van der Waals surface area contributed by atoms with E-state index in [0.717, 1.165) is 18.2 Å². The summed E-state index contributed by atoms with van der Waals surface area (Å²) < 4.78 is 58.3. The third-order valence-corrected chi connectivity index (χ3v) is 6.05. The Balaban J connectivity index is 1.41. The van der Waals surface area contributed by atoms with Crippen molar-refractivity contribution in [3.63, 3.8) is 0 Å². The molecule has 0 radical (unpaired) electrons. The molecule has 0 unspecified atom stereocenters. The van der Waals surface area contributed by atoms with Gasteiger partial charge in [0, 0.05) is 19.1 Å². The van der Waals surface area contributed by atoms with E-state index in [1.54, 1.807) is 6.07 Å². The minimum Gasteiger partial charge on any atom is -0.490 e. The molecule has 1 aliphatic carbocycles. The van der Waals surface area contributed by atoms with Crippen LogP contribution in [0, 0.1) is 0 Å². The maximum atomic E-state index is 14.1. The van der Waals surface area contributed by atoms with Crippen molar-refractivity contribution in [3.8, 4) is 16.9 Å². The van der Waals surface area contributed by atoms with Gasteiger partial charge in [0.25, 0.3) is 5.60 Å². The van der Waals surface area contributed by atoms with E-state index in [1.165, 1.54) is 24.3 Å². The molecule has 1 aliphatic rings. The third-order valence-electron chi connectivity index (χ3n) is 6.05. The molecular formula is C27H25F3O4. The molecule has 0 spiro atoms. The van der Waals surface area contributed by atoms with Crippen LogP contribution in [0.15, 0.2) is 84.9 Å². The van der Waals surface area contributed by atoms with Crippen LogP contribution in [0.4, 0.5) is 13.2 Å². The van der Waals surface area contributed by atoms with Gasteiger partial charge in [-0.15, -0.1) is 0 Å². The summed E-state index contributed by atoms with van der Waals surface area (Å²) in [7, 11) is 0.863. The van der Waals surface area contributed by atoms with E-state index in [2.05, 4.69) is 0 Å². The van der Waals surface area contributed by atoms with E-state index < -0.39 is 23.9 Å². The molecule has 4 nitrogen and oxygen atoms in total. The zero-order chi connectivity index (χ0) is 24.2. The maximum absolute atomic E-state index is 14.1. The van der Waals surface area contributed by atoms with Crippen molar-refractivity contribution in [2.45, 2.75) is 43.2 Å². The predicted molar refractivity (Wildman–Crippen MR) is 121 cm³/mol. The SMILES string of the molecule is CO[C@](C(=O)O[C@H]1CC[C@H](Oc2ccc(-c3ccccc3)cc2)C1)(c1ccccc1)C(F)(F)F. The van der Waals surface area contributed by atoms with Crippen molar-refractivity contribution in [2.24, 2.45) is 0 Å². The Kier molecular flexibility index (Phi) is 6.93. The Morgan fingerprint density at radius 1 is 0.794 bits per heavy atom. The summed E-state index contributed by atoms with van der Waals surface area (Å²) in [6.45, 7) is 0. The van der Waals surface area contributed by atoms with Crippen LogP contribution in [-0.4, -0.2) is 31.5 Å². The lowest BCUT2D eigenvalue weighted by atomic mass is 9.92. The number of carbonyl (C=O) groups is 1. The molecule has 0 bridgehead atoms. The molecule has 3 aromatic rings. The lowest BCUT2D eigenvalue weighted by molar-refractivity contribution is -0.278. The van der Waals surface area contributed by atoms with Crippen molar-refractivity contribution >= 4 is 5.97 Å². The predicted octanol–water partition coefficient (Wildman–Crippen LogP) is 6.30. The van der Waals surface area contributed by atoms with Crippen LogP contribution in [0.3, 0.4) is 0 Å². The van der Waals surface area contributed by atoms with E-state index in [1.807, 2.05) is 54.6 Å². The first-order chi connectivity index (χ1) is 16.3. The molecular weight excluding hydrogens is 445 g/mol. The fraction of sp³-hybridized carbons (Fsp3) is 0.296. The number of hydrogen-bond donors (Lipinski definition) is 0. The van der Waals surface area contributed by atoms with Gasteiger partial charge < -0.3 is 14.2 Å². The molecule has 0 heterocycles. The number of carbonyl (C=O) groups excluding carboxylic acids is 1. The molecule has 1 saturated carbocycles. The molecule has 0 aliphatic heterocycles. The van der Waals surface area contributed by atoms with Crippen LogP contribution in [0.2, 0.25) is 0 Å². The molecule has 1 fully saturated rings. The fourth-order valence-corrected chi connectivity index (χ4v) is 4.29. The lowest BCUT2D eigenvalue weighted by Gasteiger charge is -2.33. The highest BCUT2D eigenvalue weighted by molar-refractivity contribution is 5.83. The number of rotatable bonds is 7. The first-order valence-electron chi connectivity index (χ1n) is 11.0. The van der Waals surface area contributed by atoms with Crippen LogP contribution >= 0.6 is 0 Å². The summed E-state index contributed by atoms with van der Waals surface area (Å²) in [6.07, 6.45) is -4.67. The molecule has 3 aromatic carbocycles. The molecule has 0 aromatic heterocycles. The van der Waals surface area contributed by atoms with Gasteiger partial charge in [-0.3, -0.25) is 0 Å². The van der Waals surface area contributed by atoms with E-state index in [4.69, 9.17) is 14.2 Å². The van der Waals surface area contributed by atoms with Crippen molar-refractivity contribution in [1.29, 1.82) is 0 Å². The number of esters is 1. The minimum atomic E-state index is -4.99. The van der Waals surface area contributed by atoms with Crippen LogP contribution in [0.5, 0.6) is 5.75 Å². The quantitative estimate of drug-likeness (QED) is 0.380. The lowest BCUT2D eigenvalue weighted by Crippen LogP contribution is -2.52. The highest BCUT2D eigenvalue weighted by Gasteiger charge is 2.64. The Hall–Kier alpha value is -3.32. The molecule has 0 saturated heterocycles. The zero-order valence-corrected chi connectivity index (χ0v) is 18.6. The van der Waals surface area contributed by atoms with E-state index in [9.17, 15) is 18.0 Å². The highest BCUT2D eigenvalue weighted by Crippen LogP contribution is 2.44. The summed E-state index contributed by atoms with van der Waals surface area (Å²) in [5.74, 6) is -0.811. The van der Waals surface area contributed by atoms with Gasteiger partial charge >= 0.3 is 12.1 Å². The van der Waals surface area contributed by atoms with Gasteiger partial charge in [0.05, 0.1) is 0 Å². The molecule has 3 atom stereocenters. The summed E-state index contributed by atoms with van der Waals surface area (Å²) >= 11 is 0. The summed E-state index contributed by atoms with van der Waals surface area (Å²) in [5, 5.41) is 0. The average Bonchev–Trinajstić information content (AvgIpc) is 3.27. The van der Waals surface area contributed by atoms with Gasteiger partial charge in [-0.1, -0.05) is 72.8 Å². The van der Waals surface area contributed by atoms with Crippen molar-refractivity contribution < 1.29 is 32.2 Å². The Morgan fingerprint density at radius 3 is 1.94 bits per heavy atom. The minimum absolute atomic E-state index is 0.264. The van der Waals surface area contributed by atoms with E-state index in [-0.39, 0.29) is 11.7 Å². The summed E-state index contributed by atoms with van der Waals surface area (Å²) in [5.41, 5.74) is -1.36. The number of ether oxygens (including phenoxy) is 3. The monoisotopic (exact) mass is 470 g/mol. The zero-order valence-electron chi connectivity index (χ0n) is 18.6. The molecule has 0 amide bonds. The van der Waals surface area contributed by atoms with Crippen LogP contribution in [0.1, 0.15) is 24.8 Å². The Morgan fingerprint density at radius 2 is 1.35 bits per heavy atom. The van der Waals surface area contributed by atoms with Gasteiger partial charge in [0.1, 0.15) is 18.0 Å². The molecule has 178 valence electrons. The second kappa shape index (κ2) is 9.89. The van der Waals surface area contributed by atoms with Gasteiger partial charge in [-0.05, 0) is 36.1 Å². The van der Waals surface area contributed by atoms with E-state index >= 15 is 0 Å². The smallest absolute Gasteiger partial charge is 0.432 e. The first-order valence-corrected chi connectivity index (χ1v) is 11.0. The third kappa shape index (κ3) is 4.80. The summed E-state index contributed by atoms with van der Waals surface area (Å²) in [4.78, 5) is 12.8. The highest BCUT2D eigenvalue weighted by atomic mass is 19.4. The number of alkyl halides is 3. The van der Waals surface area contributed by atoms with Gasteiger partial charge in [0.15, 0.2) is 0 Å².